The Morgan fingerprint density at radius 3 is 2.44 bits per heavy atom. The smallest absolute Gasteiger partial charge is 0.346 e. The van der Waals surface area contributed by atoms with Crippen molar-refractivity contribution in [3.63, 3.8) is 0 Å². The molecular weight excluding hydrogens is 344 g/mol. The van der Waals surface area contributed by atoms with Crippen molar-refractivity contribution < 1.29 is 19.4 Å². The summed E-state index contributed by atoms with van der Waals surface area (Å²) in [5.41, 5.74) is -1.31. The highest BCUT2D eigenvalue weighted by Crippen LogP contribution is 2.30. The molecule has 0 unspecified atom stereocenters. The molecule has 0 bridgehead atoms. The van der Waals surface area contributed by atoms with E-state index in [0.29, 0.717) is 16.2 Å². The number of rotatable bonds is 5. The average Bonchev–Trinajstić information content (AvgIpc) is 2.84. The Morgan fingerprint density at radius 1 is 1.36 bits per heavy atom. The van der Waals surface area contributed by atoms with E-state index in [4.69, 9.17) is 4.74 Å². The fourth-order valence-corrected chi connectivity index (χ4v) is 3.75. The summed E-state index contributed by atoms with van der Waals surface area (Å²) >= 11 is 0.976. The zero-order chi connectivity index (χ0) is 19.1. The zero-order valence-corrected chi connectivity index (χ0v) is 16.0. The Balaban J connectivity index is 2.92. The van der Waals surface area contributed by atoms with Gasteiger partial charge in [-0.05, 0) is 33.3 Å². The molecule has 0 saturated heterocycles. The summed E-state index contributed by atoms with van der Waals surface area (Å²) in [4.78, 5) is 42.0. The first-order chi connectivity index (χ1) is 11.5. The van der Waals surface area contributed by atoms with Crippen LogP contribution in [0.4, 0.5) is 0 Å². The molecule has 0 aliphatic heterocycles. The lowest BCUT2D eigenvalue weighted by molar-refractivity contribution is -0.152. The van der Waals surface area contributed by atoms with Crippen LogP contribution in [0.5, 0.6) is 0 Å². The summed E-state index contributed by atoms with van der Waals surface area (Å²) in [6.07, 6.45) is 0. The maximum atomic E-state index is 13.2. The van der Waals surface area contributed by atoms with Crippen molar-refractivity contribution in [2.24, 2.45) is 0 Å². The molecule has 0 aliphatic rings. The molecule has 7 nitrogen and oxygen atoms in total. The Bertz CT molecular complexity index is 908. The maximum absolute atomic E-state index is 13.2. The summed E-state index contributed by atoms with van der Waals surface area (Å²) in [5.74, 6) is -1.34. The molecule has 8 heteroatoms. The van der Waals surface area contributed by atoms with E-state index in [1.54, 1.807) is 27.7 Å². The second-order valence-electron chi connectivity index (χ2n) is 6.59. The number of carbonyl (C=O) groups is 2. The van der Waals surface area contributed by atoms with Crippen LogP contribution in [0.15, 0.2) is 4.79 Å². The number of esters is 1. The monoisotopic (exact) mass is 366 g/mol. The number of hydrogen-bond acceptors (Lipinski definition) is 6. The van der Waals surface area contributed by atoms with Gasteiger partial charge in [-0.3, -0.25) is 9.36 Å². The SMILES string of the molecule is CCOC(=O)C(C)(C)n1c(C(C)C)nc2sc(C(=O)O)c(C)c2c1=O. The van der Waals surface area contributed by atoms with Crippen LogP contribution >= 0.6 is 11.3 Å². The van der Waals surface area contributed by atoms with Crippen LogP contribution in [0.25, 0.3) is 10.2 Å². The predicted octanol–water partition coefficient (Wildman–Crippen LogP) is 2.89. The quantitative estimate of drug-likeness (QED) is 0.817. The van der Waals surface area contributed by atoms with Gasteiger partial charge in [0.15, 0.2) is 0 Å². The third-order valence-electron chi connectivity index (χ3n) is 4.03. The van der Waals surface area contributed by atoms with E-state index in [9.17, 15) is 19.5 Å². The van der Waals surface area contributed by atoms with Crippen molar-refractivity contribution in [3.8, 4) is 0 Å². The van der Waals surface area contributed by atoms with Gasteiger partial charge in [0, 0.05) is 5.92 Å². The lowest BCUT2D eigenvalue weighted by atomic mass is 10.0. The molecule has 2 heterocycles. The summed E-state index contributed by atoms with van der Waals surface area (Å²) in [6.45, 7) is 10.4. The van der Waals surface area contributed by atoms with Gasteiger partial charge < -0.3 is 9.84 Å². The van der Waals surface area contributed by atoms with Crippen molar-refractivity contribution in [2.75, 3.05) is 6.61 Å². The van der Waals surface area contributed by atoms with Crippen LogP contribution in [-0.4, -0.2) is 33.2 Å². The minimum atomic E-state index is -1.26. The topological polar surface area (TPSA) is 98.5 Å². The third kappa shape index (κ3) is 3.06. The molecular formula is C17H22N2O5S. The fraction of sp³-hybridized carbons (Fsp3) is 0.529. The van der Waals surface area contributed by atoms with Gasteiger partial charge in [0.05, 0.1) is 12.0 Å². The van der Waals surface area contributed by atoms with Crippen molar-refractivity contribution >= 4 is 33.5 Å². The van der Waals surface area contributed by atoms with E-state index in [2.05, 4.69) is 4.98 Å². The number of carbonyl (C=O) groups excluding carboxylic acids is 1. The molecule has 0 aliphatic carbocycles. The second-order valence-corrected chi connectivity index (χ2v) is 7.59. The summed E-state index contributed by atoms with van der Waals surface area (Å²) in [5, 5.41) is 9.56. The molecule has 0 amide bonds. The van der Waals surface area contributed by atoms with E-state index < -0.39 is 23.0 Å². The van der Waals surface area contributed by atoms with E-state index in [0.717, 1.165) is 11.3 Å². The van der Waals surface area contributed by atoms with Crippen LogP contribution in [0.1, 0.15) is 61.6 Å². The lowest BCUT2D eigenvalue weighted by Gasteiger charge is -2.28. The largest absolute Gasteiger partial charge is 0.477 e. The molecule has 0 aromatic carbocycles. The van der Waals surface area contributed by atoms with Crippen LogP contribution in [0.3, 0.4) is 0 Å². The van der Waals surface area contributed by atoms with Gasteiger partial charge in [-0.2, -0.15) is 0 Å². The van der Waals surface area contributed by atoms with Gasteiger partial charge in [0.1, 0.15) is 21.1 Å². The molecule has 0 radical (unpaired) electrons. The van der Waals surface area contributed by atoms with E-state index >= 15 is 0 Å². The lowest BCUT2D eigenvalue weighted by Crippen LogP contribution is -2.46. The molecule has 2 aromatic heterocycles. The molecule has 0 spiro atoms. The summed E-state index contributed by atoms with van der Waals surface area (Å²) < 4.78 is 6.46. The first-order valence-electron chi connectivity index (χ1n) is 8.01. The highest BCUT2D eigenvalue weighted by molar-refractivity contribution is 7.20. The van der Waals surface area contributed by atoms with Gasteiger partial charge >= 0.3 is 11.9 Å². The number of aromatic carboxylic acids is 1. The minimum Gasteiger partial charge on any atom is -0.477 e. The number of hydrogen-bond donors (Lipinski definition) is 1. The molecule has 1 N–H and O–H groups in total. The average molecular weight is 366 g/mol. The number of carboxylic acids is 1. The first kappa shape index (κ1) is 19.1. The number of fused-ring (bicyclic) bond motifs is 1. The van der Waals surface area contributed by atoms with Crippen LogP contribution < -0.4 is 5.56 Å². The minimum absolute atomic E-state index is 0.0843. The van der Waals surface area contributed by atoms with Crippen molar-refractivity contribution in [1.29, 1.82) is 0 Å². The standard InChI is InChI=1S/C17H22N2O5S/c1-7-24-16(23)17(5,6)19-12(8(2)3)18-13-10(14(19)20)9(4)11(25-13)15(21)22/h8H,7H2,1-6H3,(H,21,22). The molecule has 0 atom stereocenters. The molecule has 0 saturated carbocycles. The maximum Gasteiger partial charge on any atom is 0.346 e. The van der Waals surface area contributed by atoms with Crippen LogP contribution in [0.2, 0.25) is 0 Å². The Labute approximate surface area is 149 Å². The number of aromatic nitrogens is 2. The highest BCUT2D eigenvalue weighted by Gasteiger charge is 2.36. The van der Waals surface area contributed by atoms with Crippen molar-refractivity contribution in [1.82, 2.24) is 9.55 Å². The number of thiophene rings is 1. The molecule has 25 heavy (non-hydrogen) atoms. The van der Waals surface area contributed by atoms with Gasteiger partial charge in [-0.25, -0.2) is 14.6 Å². The Hall–Kier alpha value is -2.22. The Morgan fingerprint density at radius 2 is 1.96 bits per heavy atom. The van der Waals surface area contributed by atoms with Crippen LogP contribution in [-0.2, 0) is 15.1 Å². The Kier molecular flexibility index (Phi) is 5.04. The van der Waals surface area contributed by atoms with Crippen molar-refractivity contribution in [3.05, 3.63) is 26.6 Å². The molecule has 136 valence electrons. The number of nitrogens with zero attached hydrogens (tertiary/aromatic N) is 2. The van der Waals surface area contributed by atoms with Crippen molar-refractivity contribution in [2.45, 2.75) is 53.0 Å². The van der Waals surface area contributed by atoms with Gasteiger partial charge in [0.25, 0.3) is 5.56 Å². The third-order valence-corrected chi connectivity index (χ3v) is 5.21. The summed E-state index contributed by atoms with van der Waals surface area (Å²) in [7, 11) is 0. The van der Waals surface area contributed by atoms with E-state index in [1.807, 2.05) is 13.8 Å². The molecule has 2 aromatic rings. The molecule has 0 fully saturated rings. The van der Waals surface area contributed by atoms with Crippen LogP contribution in [0, 0.1) is 6.92 Å². The fourth-order valence-electron chi connectivity index (χ4n) is 2.73. The van der Waals surface area contributed by atoms with E-state index in [-0.39, 0.29) is 22.8 Å². The molecule has 2 rings (SSSR count). The zero-order valence-electron chi connectivity index (χ0n) is 15.2. The van der Waals surface area contributed by atoms with Gasteiger partial charge in [0.2, 0.25) is 0 Å². The normalized spacial score (nSPS) is 12.0. The number of aryl methyl sites for hydroxylation is 1. The first-order valence-corrected chi connectivity index (χ1v) is 8.82. The number of ether oxygens (including phenoxy) is 1. The number of carboxylic acid groups (broad SMARTS) is 1. The van der Waals surface area contributed by atoms with Gasteiger partial charge in [-0.1, -0.05) is 13.8 Å². The highest BCUT2D eigenvalue weighted by atomic mass is 32.1. The van der Waals surface area contributed by atoms with Gasteiger partial charge in [-0.15, -0.1) is 11.3 Å². The van der Waals surface area contributed by atoms with E-state index in [1.165, 1.54) is 4.57 Å². The second kappa shape index (κ2) is 6.59. The predicted molar refractivity (Wildman–Crippen MR) is 95.6 cm³/mol. The summed E-state index contributed by atoms with van der Waals surface area (Å²) in [6, 6.07) is 0.